The van der Waals surface area contributed by atoms with Crippen molar-refractivity contribution < 1.29 is 39.9 Å². The number of carboxylic acid groups (broad SMARTS) is 1. The maximum Gasteiger partial charge on any atom is 0.331 e. The molecule has 0 radical (unpaired) electrons. The van der Waals surface area contributed by atoms with Crippen molar-refractivity contribution in [2.45, 2.75) is 110 Å². The molecule has 1 spiro atoms. The molecule has 11 nitrogen and oxygen atoms in total. The van der Waals surface area contributed by atoms with Crippen LogP contribution in [0.15, 0.2) is 88.5 Å². The number of hydrogen-bond acceptors (Lipinski definition) is 8. The number of ketones is 2. The van der Waals surface area contributed by atoms with E-state index < -0.39 is 86.2 Å². The van der Waals surface area contributed by atoms with E-state index in [-0.39, 0.29) is 48.8 Å². The zero-order valence-electron chi connectivity index (χ0n) is 34.1. The second-order valence-electron chi connectivity index (χ2n) is 19.3. The Bertz CT molecular complexity index is 2080. The Morgan fingerprint density at radius 2 is 1.68 bits per heavy atom. The molecule has 7 rings (SSSR count). The standard InChI is InChI=1S/C46H59N3O8/c1-25(50)21-28(38(54)55)22-31(51)34-26(2)44(18-15-30(34)49-39(47)48)24-45(56)19-20-46(57)29(14-13-27-11-9-8-10-12-27)36-40(3,4)33(53)16-17-41(36,5)35-32(52)23-42(44,6)43(45,7)37(35)46/h8-15,18-20,22,25-26,29-31,34,36,50-51,56-57H,16-17,21,23-24H2,1-7H3,(H,54,55)(H4,47,48,49). The molecule has 1 aromatic carbocycles. The molecule has 0 aromatic heterocycles. The Morgan fingerprint density at radius 3 is 2.30 bits per heavy atom. The highest BCUT2D eigenvalue weighted by Gasteiger charge is 2.82. The molecule has 0 aliphatic heterocycles. The van der Waals surface area contributed by atoms with Crippen LogP contribution >= 0.6 is 0 Å². The van der Waals surface area contributed by atoms with Crippen LogP contribution in [0, 0.1) is 50.7 Å². The Balaban J connectivity index is 1.47. The molecule has 6 aliphatic rings. The zero-order valence-corrected chi connectivity index (χ0v) is 34.1. The molecule has 11 heteroatoms. The average Bonchev–Trinajstić information content (AvgIpc) is 3.27. The smallest absolute Gasteiger partial charge is 0.331 e. The third-order valence-corrected chi connectivity index (χ3v) is 16.1. The fraction of sp³-hybridized carbons (Fsp3) is 0.565. The molecule has 9 N–H and O–H groups in total. The average molecular weight is 782 g/mol. The number of aliphatic hydroxyl groups is 4. The lowest BCUT2D eigenvalue weighted by Crippen LogP contribution is -2.70. The first-order valence-electron chi connectivity index (χ1n) is 20.2. The number of carboxylic acids is 1. The van der Waals surface area contributed by atoms with Gasteiger partial charge in [0.1, 0.15) is 11.4 Å². The van der Waals surface area contributed by atoms with Crippen LogP contribution in [-0.2, 0) is 14.4 Å². The first-order valence-corrected chi connectivity index (χ1v) is 20.2. The topological polar surface area (TPSA) is 217 Å². The fourth-order valence-electron chi connectivity index (χ4n) is 13.4. The molecule has 2 saturated carbocycles. The maximum atomic E-state index is 15.4. The third kappa shape index (κ3) is 5.44. The summed E-state index contributed by atoms with van der Waals surface area (Å²) < 4.78 is 0. The minimum Gasteiger partial charge on any atom is -0.478 e. The van der Waals surface area contributed by atoms with Crippen molar-refractivity contribution in [1.29, 1.82) is 0 Å². The highest BCUT2D eigenvalue weighted by molar-refractivity contribution is 6.02. The number of carbonyl (C=O) groups excluding carboxylic acids is 2. The van der Waals surface area contributed by atoms with Gasteiger partial charge < -0.3 is 37.0 Å². The molecule has 0 bridgehead atoms. The van der Waals surface area contributed by atoms with Crippen molar-refractivity contribution in [3.05, 3.63) is 89.1 Å². The van der Waals surface area contributed by atoms with E-state index in [9.17, 15) is 35.1 Å². The molecule has 306 valence electrons. The number of fused-ring (bicyclic) bond motifs is 3. The van der Waals surface area contributed by atoms with Crippen LogP contribution in [0.1, 0.15) is 86.1 Å². The Kier molecular flexibility index (Phi) is 9.48. The Hall–Kier alpha value is -4.16. The van der Waals surface area contributed by atoms with Crippen LogP contribution in [0.25, 0.3) is 6.08 Å². The molecule has 2 fully saturated rings. The molecular weight excluding hydrogens is 723 g/mol. The van der Waals surface area contributed by atoms with E-state index >= 15 is 4.79 Å². The van der Waals surface area contributed by atoms with E-state index in [4.69, 9.17) is 11.5 Å². The van der Waals surface area contributed by atoms with Crippen molar-refractivity contribution in [3.63, 3.8) is 0 Å². The lowest BCUT2D eigenvalue weighted by atomic mass is 9.35. The Morgan fingerprint density at radius 1 is 1.02 bits per heavy atom. The molecule has 13 atom stereocenters. The number of benzene rings is 1. The van der Waals surface area contributed by atoms with Crippen LogP contribution in [-0.4, -0.2) is 78.5 Å². The summed E-state index contributed by atoms with van der Waals surface area (Å²) >= 11 is 0. The quantitative estimate of drug-likeness (QED) is 0.0839. The van der Waals surface area contributed by atoms with Crippen LogP contribution < -0.4 is 11.5 Å². The molecule has 0 saturated heterocycles. The second-order valence-corrected chi connectivity index (χ2v) is 19.3. The van der Waals surface area contributed by atoms with Crippen LogP contribution in [0.5, 0.6) is 0 Å². The number of allylic oxidation sites excluding steroid dienone is 2. The summed E-state index contributed by atoms with van der Waals surface area (Å²) in [6, 6.07) is 8.96. The van der Waals surface area contributed by atoms with E-state index in [0.29, 0.717) is 17.6 Å². The van der Waals surface area contributed by atoms with Gasteiger partial charge in [-0.2, -0.15) is 0 Å². The summed E-state index contributed by atoms with van der Waals surface area (Å²) in [7, 11) is 0. The van der Waals surface area contributed by atoms with Gasteiger partial charge in [0.15, 0.2) is 11.7 Å². The number of aliphatic carboxylic acids is 1. The van der Waals surface area contributed by atoms with Gasteiger partial charge in [-0.25, -0.2) is 9.79 Å². The fourth-order valence-corrected chi connectivity index (χ4v) is 13.4. The SMILES string of the molecule is CC(O)CC(=CC(O)C1C(N=C(N)N)C=CC2(CC3(O)C=CC4(O)C5=C(C(=O)CC2(C)C53C)C2(C)CCC(=O)C(C)(C)C2C4C=Cc2ccccc2)C1C)C(=O)O. The summed E-state index contributed by atoms with van der Waals surface area (Å²) in [5, 5.41) is 59.0. The van der Waals surface area contributed by atoms with E-state index in [1.54, 1.807) is 18.2 Å². The van der Waals surface area contributed by atoms with Crippen LogP contribution in [0.2, 0.25) is 0 Å². The highest BCUT2D eigenvalue weighted by atomic mass is 16.4. The largest absolute Gasteiger partial charge is 0.478 e. The van der Waals surface area contributed by atoms with Crippen molar-refractivity contribution in [2.24, 2.45) is 67.2 Å². The van der Waals surface area contributed by atoms with Crippen LogP contribution in [0.4, 0.5) is 0 Å². The maximum absolute atomic E-state index is 15.4. The molecule has 1 aromatic rings. The van der Waals surface area contributed by atoms with Gasteiger partial charge in [-0.05, 0) is 60.3 Å². The number of nitrogens with two attached hydrogens (primary N) is 2. The number of nitrogens with zero attached hydrogens (tertiary/aromatic N) is 1. The van der Waals surface area contributed by atoms with Gasteiger partial charge in [0, 0.05) is 63.9 Å². The summed E-state index contributed by atoms with van der Waals surface area (Å²) in [6.45, 7) is 13.3. The van der Waals surface area contributed by atoms with Crippen LogP contribution in [0.3, 0.4) is 0 Å². The molecule has 6 aliphatic carbocycles. The van der Waals surface area contributed by atoms with Gasteiger partial charge in [0.2, 0.25) is 0 Å². The number of hydrogen-bond donors (Lipinski definition) is 7. The predicted molar refractivity (Wildman–Crippen MR) is 217 cm³/mol. The summed E-state index contributed by atoms with van der Waals surface area (Å²) in [6.07, 6.45) is 10.6. The minimum absolute atomic E-state index is 0.0124. The number of Topliss-reactive ketones (excluding diaryl/α,β-unsaturated/α-hetero) is 2. The van der Waals surface area contributed by atoms with Gasteiger partial charge >= 0.3 is 5.97 Å². The molecule has 0 amide bonds. The normalized spacial score (nSPS) is 42.9. The minimum atomic E-state index is -1.76. The van der Waals surface area contributed by atoms with E-state index in [1.807, 2.05) is 83.2 Å². The molecular formula is C46H59N3O8. The van der Waals surface area contributed by atoms with Crippen molar-refractivity contribution in [2.75, 3.05) is 0 Å². The van der Waals surface area contributed by atoms with Gasteiger partial charge in [-0.1, -0.05) is 102 Å². The van der Waals surface area contributed by atoms with Gasteiger partial charge in [-0.15, -0.1) is 0 Å². The predicted octanol–water partition coefficient (Wildman–Crippen LogP) is 4.65. The zero-order chi connectivity index (χ0) is 41.9. The van der Waals surface area contributed by atoms with Gasteiger partial charge in [0.25, 0.3) is 0 Å². The number of aliphatic hydroxyl groups excluding tert-OH is 2. The first kappa shape index (κ1) is 41.0. The lowest BCUT2D eigenvalue weighted by Gasteiger charge is -2.68. The summed E-state index contributed by atoms with van der Waals surface area (Å²) in [4.78, 5) is 45.9. The van der Waals surface area contributed by atoms with E-state index in [0.717, 1.165) is 5.56 Å². The number of rotatable bonds is 8. The van der Waals surface area contributed by atoms with E-state index in [1.165, 1.54) is 13.0 Å². The summed E-state index contributed by atoms with van der Waals surface area (Å²) in [5.41, 5.74) is 5.18. The van der Waals surface area contributed by atoms with Crippen molar-refractivity contribution >= 4 is 29.6 Å². The first-order chi connectivity index (χ1) is 26.4. The second kappa shape index (κ2) is 13.2. The Labute approximate surface area is 335 Å². The third-order valence-electron chi connectivity index (χ3n) is 16.1. The van der Waals surface area contributed by atoms with Gasteiger partial charge in [0.05, 0.1) is 23.9 Å². The molecule has 0 heterocycles. The van der Waals surface area contributed by atoms with E-state index in [2.05, 4.69) is 11.9 Å². The lowest BCUT2D eigenvalue weighted by molar-refractivity contribution is -0.164. The molecule has 13 unspecified atom stereocenters. The molecule has 57 heavy (non-hydrogen) atoms. The highest BCUT2D eigenvalue weighted by Crippen LogP contribution is 2.82. The number of aliphatic imine (C=N–C) groups is 1. The van der Waals surface area contributed by atoms with Gasteiger partial charge in [-0.3, -0.25) is 9.59 Å². The summed E-state index contributed by atoms with van der Waals surface area (Å²) in [5.74, 6) is -4.06. The van der Waals surface area contributed by atoms with Crippen molar-refractivity contribution in [3.8, 4) is 0 Å². The number of guanidine groups is 1. The monoisotopic (exact) mass is 781 g/mol. The van der Waals surface area contributed by atoms with Crippen molar-refractivity contribution in [1.82, 2.24) is 0 Å². The number of carbonyl (C=O) groups is 3.